The Labute approximate surface area is 160 Å². The fourth-order valence-corrected chi connectivity index (χ4v) is 3.01. The van der Waals surface area contributed by atoms with Crippen molar-refractivity contribution in [1.82, 2.24) is 20.0 Å². The molecule has 7 heteroatoms. The monoisotopic (exact) mass is 372 g/mol. The summed E-state index contributed by atoms with van der Waals surface area (Å²) < 4.78 is 12.4. The number of carbonyl (C=O) groups is 1. The van der Waals surface area contributed by atoms with Gasteiger partial charge in [0.25, 0.3) is 0 Å². The molecule has 1 saturated carbocycles. The summed E-state index contributed by atoms with van der Waals surface area (Å²) in [6.45, 7) is 0. The van der Waals surface area contributed by atoms with E-state index in [2.05, 4.69) is 15.3 Å². The molecule has 4 aromatic rings. The second-order valence-corrected chi connectivity index (χ2v) is 6.63. The zero-order chi connectivity index (χ0) is 18.9. The molecule has 1 fully saturated rings. The summed E-state index contributed by atoms with van der Waals surface area (Å²) in [5.74, 6) is 0.829. The quantitative estimate of drug-likeness (QED) is 0.389. The van der Waals surface area contributed by atoms with Crippen LogP contribution in [0.5, 0.6) is 5.75 Å². The van der Waals surface area contributed by atoms with Gasteiger partial charge in [-0.3, -0.25) is 0 Å². The molecule has 0 amide bonds. The topological polar surface area (TPSA) is 83.0 Å². The number of rotatable bonds is 5. The second-order valence-electron chi connectivity index (χ2n) is 6.63. The van der Waals surface area contributed by atoms with Gasteiger partial charge in [-0.15, -0.1) is 10.2 Å². The fourth-order valence-electron chi connectivity index (χ4n) is 3.01. The standard InChI is InChI=1S/C21H16N4O3/c26-21(28-17-10-8-15(9-11-17)20-23-22-13-27-20)19-12-18(14-6-7-14)24-25(19)16-4-2-1-3-5-16/h1-5,8-14H,6-7H2. The van der Waals surface area contributed by atoms with Gasteiger partial charge < -0.3 is 9.15 Å². The molecule has 0 spiro atoms. The van der Waals surface area contributed by atoms with Crippen molar-refractivity contribution in [1.29, 1.82) is 0 Å². The summed E-state index contributed by atoms with van der Waals surface area (Å²) in [6.07, 6.45) is 3.49. The van der Waals surface area contributed by atoms with Crippen LogP contribution in [-0.4, -0.2) is 25.9 Å². The van der Waals surface area contributed by atoms with Gasteiger partial charge >= 0.3 is 5.97 Å². The predicted molar refractivity (Wildman–Crippen MR) is 100 cm³/mol. The molecule has 0 atom stereocenters. The SMILES string of the molecule is O=C(Oc1ccc(-c2nnco2)cc1)c1cc(C2CC2)nn1-c1ccccc1. The first kappa shape index (κ1) is 16.4. The van der Waals surface area contributed by atoms with E-state index < -0.39 is 5.97 Å². The first-order chi connectivity index (χ1) is 13.8. The highest BCUT2D eigenvalue weighted by Crippen LogP contribution is 2.39. The molecule has 2 heterocycles. The third-order valence-electron chi connectivity index (χ3n) is 4.61. The van der Waals surface area contributed by atoms with Crippen molar-refractivity contribution in [3.8, 4) is 22.9 Å². The van der Waals surface area contributed by atoms with E-state index in [9.17, 15) is 4.79 Å². The molecule has 1 aliphatic carbocycles. The lowest BCUT2D eigenvalue weighted by molar-refractivity contribution is 0.0725. The van der Waals surface area contributed by atoms with Crippen LogP contribution in [0.1, 0.15) is 34.9 Å². The second kappa shape index (κ2) is 6.77. The molecule has 5 rings (SSSR count). The van der Waals surface area contributed by atoms with Crippen LogP contribution in [0.25, 0.3) is 17.1 Å². The molecule has 7 nitrogen and oxygen atoms in total. The number of benzene rings is 2. The summed E-state index contributed by atoms with van der Waals surface area (Å²) in [4.78, 5) is 12.9. The molecule has 0 N–H and O–H groups in total. The van der Waals surface area contributed by atoms with E-state index in [-0.39, 0.29) is 0 Å². The van der Waals surface area contributed by atoms with Gasteiger partial charge in [0.05, 0.1) is 11.4 Å². The largest absolute Gasteiger partial charge is 0.423 e. The number of nitrogens with zero attached hydrogens (tertiary/aromatic N) is 4. The molecular formula is C21H16N4O3. The molecule has 28 heavy (non-hydrogen) atoms. The van der Waals surface area contributed by atoms with E-state index in [0.717, 1.165) is 29.8 Å². The van der Waals surface area contributed by atoms with E-state index in [4.69, 9.17) is 9.15 Å². The molecule has 0 bridgehead atoms. The maximum Gasteiger partial charge on any atom is 0.362 e. The lowest BCUT2D eigenvalue weighted by Gasteiger charge is -2.08. The van der Waals surface area contributed by atoms with Crippen molar-refractivity contribution in [2.45, 2.75) is 18.8 Å². The molecule has 1 aliphatic rings. The van der Waals surface area contributed by atoms with Gasteiger partial charge in [-0.1, -0.05) is 18.2 Å². The van der Waals surface area contributed by atoms with Crippen LogP contribution in [0.2, 0.25) is 0 Å². The van der Waals surface area contributed by atoms with Crippen molar-refractivity contribution in [3.05, 3.63) is 78.4 Å². The lowest BCUT2D eigenvalue weighted by Crippen LogP contribution is -2.14. The van der Waals surface area contributed by atoms with Gasteiger partial charge in [0, 0.05) is 11.5 Å². The van der Waals surface area contributed by atoms with Gasteiger partial charge in [0.1, 0.15) is 5.75 Å². The van der Waals surface area contributed by atoms with E-state index in [1.807, 2.05) is 36.4 Å². The highest BCUT2D eigenvalue weighted by molar-refractivity contribution is 5.90. The summed E-state index contributed by atoms with van der Waals surface area (Å²) in [5, 5.41) is 12.2. The third kappa shape index (κ3) is 3.18. The average molecular weight is 372 g/mol. The van der Waals surface area contributed by atoms with Crippen LogP contribution in [-0.2, 0) is 0 Å². The summed E-state index contributed by atoms with van der Waals surface area (Å²) >= 11 is 0. The van der Waals surface area contributed by atoms with Crippen LogP contribution in [0, 0.1) is 0 Å². The minimum Gasteiger partial charge on any atom is -0.423 e. The van der Waals surface area contributed by atoms with Gasteiger partial charge in [0.2, 0.25) is 12.3 Å². The fraction of sp³-hybridized carbons (Fsp3) is 0.143. The average Bonchev–Trinajstić information content (AvgIpc) is 3.26. The molecular weight excluding hydrogens is 356 g/mol. The zero-order valence-electron chi connectivity index (χ0n) is 14.9. The first-order valence-electron chi connectivity index (χ1n) is 9.02. The smallest absolute Gasteiger partial charge is 0.362 e. The normalized spacial score (nSPS) is 13.4. The van der Waals surface area contributed by atoms with Crippen LogP contribution in [0.15, 0.2) is 71.5 Å². The summed E-state index contributed by atoms with van der Waals surface area (Å²) in [5.41, 5.74) is 2.92. The molecule has 0 radical (unpaired) electrons. The Balaban J connectivity index is 1.42. The van der Waals surface area contributed by atoms with Crippen LogP contribution in [0.4, 0.5) is 0 Å². The Kier molecular flexibility index (Phi) is 3.97. The Bertz CT molecular complexity index is 1100. The number of hydrogen-bond donors (Lipinski definition) is 0. The van der Waals surface area contributed by atoms with Crippen molar-refractivity contribution < 1.29 is 13.9 Å². The number of esters is 1. The number of para-hydroxylation sites is 1. The molecule has 0 aliphatic heterocycles. The maximum atomic E-state index is 12.9. The highest BCUT2D eigenvalue weighted by atomic mass is 16.5. The lowest BCUT2D eigenvalue weighted by atomic mass is 10.2. The number of hydrogen-bond acceptors (Lipinski definition) is 6. The third-order valence-corrected chi connectivity index (χ3v) is 4.61. The number of aromatic nitrogens is 4. The van der Waals surface area contributed by atoms with Crippen LogP contribution in [0.3, 0.4) is 0 Å². The summed E-state index contributed by atoms with van der Waals surface area (Å²) in [7, 11) is 0. The Morgan fingerprint density at radius 2 is 1.86 bits per heavy atom. The van der Waals surface area contributed by atoms with E-state index in [1.165, 1.54) is 6.39 Å². The minimum atomic E-state index is -0.450. The predicted octanol–water partition coefficient (Wildman–Crippen LogP) is 4.02. The molecule has 138 valence electrons. The van der Waals surface area contributed by atoms with E-state index in [0.29, 0.717) is 23.3 Å². The van der Waals surface area contributed by atoms with Crippen molar-refractivity contribution in [2.75, 3.05) is 0 Å². The zero-order valence-corrected chi connectivity index (χ0v) is 14.9. The minimum absolute atomic E-state index is 0.411. The number of carbonyl (C=O) groups excluding carboxylic acids is 1. The summed E-state index contributed by atoms with van der Waals surface area (Å²) in [6, 6.07) is 18.3. The van der Waals surface area contributed by atoms with E-state index in [1.54, 1.807) is 28.9 Å². The van der Waals surface area contributed by atoms with Crippen LogP contribution >= 0.6 is 0 Å². The number of ether oxygens (including phenoxy) is 1. The Morgan fingerprint density at radius 3 is 2.54 bits per heavy atom. The Morgan fingerprint density at radius 1 is 1.07 bits per heavy atom. The molecule has 2 aromatic carbocycles. The van der Waals surface area contributed by atoms with Crippen LogP contribution < -0.4 is 4.74 Å². The highest BCUT2D eigenvalue weighted by Gasteiger charge is 2.29. The molecule has 0 saturated heterocycles. The van der Waals surface area contributed by atoms with Gasteiger partial charge in [-0.25, -0.2) is 9.48 Å². The van der Waals surface area contributed by atoms with Gasteiger partial charge in [-0.05, 0) is 55.3 Å². The molecule has 2 aromatic heterocycles. The first-order valence-corrected chi connectivity index (χ1v) is 9.02. The van der Waals surface area contributed by atoms with Crippen molar-refractivity contribution in [3.63, 3.8) is 0 Å². The van der Waals surface area contributed by atoms with E-state index >= 15 is 0 Å². The maximum absolute atomic E-state index is 12.9. The van der Waals surface area contributed by atoms with Gasteiger partial charge in [-0.2, -0.15) is 5.10 Å². The van der Waals surface area contributed by atoms with Crippen molar-refractivity contribution in [2.24, 2.45) is 0 Å². The van der Waals surface area contributed by atoms with Crippen molar-refractivity contribution >= 4 is 5.97 Å². The Hall–Kier alpha value is -3.74. The van der Waals surface area contributed by atoms with Gasteiger partial charge in [0.15, 0.2) is 5.69 Å². The molecule has 0 unspecified atom stereocenters.